The fourth-order valence-corrected chi connectivity index (χ4v) is 11.0. The van der Waals surface area contributed by atoms with Crippen LogP contribution < -0.4 is 0 Å². The summed E-state index contributed by atoms with van der Waals surface area (Å²) in [5, 5.41) is 5.29. The summed E-state index contributed by atoms with van der Waals surface area (Å²) in [6, 6.07) is 68.4. The molecule has 1 heterocycles. The number of benzene rings is 9. The molecule has 1 aliphatic heterocycles. The van der Waals surface area contributed by atoms with Crippen molar-refractivity contribution in [3.8, 4) is 55.6 Å². The topological polar surface area (TPSA) is 0 Å². The average Bonchev–Trinajstić information content (AvgIpc) is 3.69. The standard InChI is InChI=1S/C51H30S/c1-2-12-36-31(11-1)27-28-41-37-13-3-6-19-43(37)51(50(36)41)44-20-7-4-15-42(44)48-35(16-10-21-45(48)51)33-25-23-32(24-26-33)34-29-30-47-49-39(34)17-9-18-40(49)38-14-5-8-22-46(38)52-47/h1-30H. The molecule has 0 amide bonds. The van der Waals surface area contributed by atoms with Gasteiger partial charge in [0.05, 0.1) is 5.41 Å². The van der Waals surface area contributed by atoms with Crippen molar-refractivity contribution < 1.29 is 0 Å². The summed E-state index contributed by atoms with van der Waals surface area (Å²) in [5.74, 6) is 0. The van der Waals surface area contributed by atoms with Gasteiger partial charge in [0, 0.05) is 15.2 Å². The van der Waals surface area contributed by atoms with Crippen LogP contribution in [0.3, 0.4) is 0 Å². The lowest BCUT2D eigenvalue weighted by atomic mass is 9.69. The van der Waals surface area contributed by atoms with Gasteiger partial charge < -0.3 is 0 Å². The van der Waals surface area contributed by atoms with Crippen LogP contribution in [-0.4, -0.2) is 0 Å². The molecule has 3 aliphatic rings. The second-order valence-electron chi connectivity index (χ2n) is 14.3. The van der Waals surface area contributed by atoms with Gasteiger partial charge in [0.25, 0.3) is 0 Å². The molecule has 1 heteroatoms. The molecule has 0 fully saturated rings. The van der Waals surface area contributed by atoms with E-state index in [-0.39, 0.29) is 0 Å². The molecule has 0 saturated carbocycles. The summed E-state index contributed by atoms with van der Waals surface area (Å²) >= 11 is 1.88. The first-order valence-electron chi connectivity index (χ1n) is 18.1. The molecule has 9 aromatic carbocycles. The molecule has 0 bridgehead atoms. The second kappa shape index (κ2) is 10.4. The van der Waals surface area contributed by atoms with Crippen molar-refractivity contribution in [3.63, 3.8) is 0 Å². The monoisotopic (exact) mass is 674 g/mol. The highest BCUT2D eigenvalue weighted by Gasteiger charge is 2.52. The quantitative estimate of drug-likeness (QED) is 0.176. The smallest absolute Gasteiger partial charge is 0.0731 e. The summed E-state index contributed by atoms with van der Waals surface area (Å²) in [7, 11) is 0. The predicted octanol–water partition coefficient (Wildman–Crippen LogP) is 13.8. The van der Waals surface area contributed by atoms with Gasteiger partial charge in [0.15, 0.2) is 0 Å². The van der Waals surface area contributed by atoms with E-state index < -0.39 is 5.41 Å². The first-order chi connectivity index (χ1) is 25.8. The van der Waals surface area contributed by atoms with Gasteiger partial charge in [-0.25, -0.2) is 0 Å². The third kappa shape index (κ3) is 3.59. The number of hydrogen-bond acceptors (Lipinski definition) is 1. The van der Waals surface area contributed by atoms with Crippen molar-refractivity contribution >= 4 is 33.3 Å². The summed E-state index contributed by atoms with van der Waals surface area (Å²) in [4.78, 5) is 2.66. The maximum Gasteiger partial charge on any atom is 0.0731 e. The summed E-state index contributed by atoms with van der Waals surface area (Å²) in [5.41, 5.74) is 18.2. The molecular formula is C51H30S. The Kier molecular flexibility index (Phi) is 5.73. The van der Waals surface area contributed by atoms with E-state index in [2.05, 4.69) is 182 Å². The van der Waals surface area contributed by atoms with Crippen LogP contribution in [0.1, 0.15) is 22.3 Å². The molecule has 240 valence electrons. The molecule has 9 aromatic rings. The van der Waals surface area contributed by atoms with Crippen molar-refractivity contribution in [2.75, 3.05) is 0 Å². The molecule has 0 radical (unpaired) electrons. The van der Waals surface area contributed by atoms with E-state index in [0.29, 0.717) is 0 Å². The fourth-order valence-electron chi connectivity index (χ4n) is 9.87. The van der Waals surface area contributed by atoms with Crippen LogP contribution in [0, 0.1) is 0 Å². The highest BCUT2D eigenvalue weighted by atomic mass is 32.2. The van der Waals surface area contributed by atoms with Gasteiger partial charge >= 0.3 is 0 Å². The maximum absolute atomic E-state index is 2.40. The van der Waals surface area contributed by atoms with E-state index in [1.807, 2.05) is 11.8 Å². The number of rotatable bonds is 2. The Bertz CT molecular complexity index is 2990. The fraction of sp³-hybridized carbons (Fsp3) is 0.0196. The Labute approximate surface area is 307 Å². The van der Waals surface area contributed by atoms with E-state index in [1.54, 1.807) is 0 Å². The van der Waals surface area contributed by atoms with Crippen molar-refractivity contribution in [3.05, 3.63) is 204 Å². The van der Waals surface area contributed by atoms with Crippen molar-refractivity contribution in [2.24, 2.45) is 0 Å². The van der Waals surface area contributed by atoms with Crippen molar-refractivity contribution in [2.45, 2.75) is 15.2 Å². The van der Waals surface area contributed by atoms with Gasteiger partial charge in [-0.1, -0.05) is 182 Å². The number of hydrogen-bond donors (Lipinski definition) is 0. The Balaban J connectivity index is 1.06. The number of fused-ring (bicyclic) bond motifs is 14. The zero-order chi connectivity index (χ0) is 34.0. The van der Waals surface area contributed by atoms with Crippen molar-refractivity contribution in [1.82, 2.24) is 0 Å². The largest absolute Gasteiger partial charge is 0.0888 e. The van der Waals surface area contributed by atoms with E-state index in [0.717, 1.165) is 0 Å². The Morgan fingerprint density at radius 2 is 0.923 bits per heavy atom. The Morgan fingerprint density at radius 1 is 0.327 bits per heavy atom. The molecule has 0 aromatic heterocycles. The summed E-state index contributed by atoms with van der Waals surface area (Å²) < 4.78 is 0. The predicted molar refractivity (Wildman–Crippen MR) is 218 cm³/mol. The first kappa shape index (κ1) is 28.5. The molecule has 1 unspecified atom stereocenters. The van der Waals surface area contributed by atoms with Crippen LogP contribution in [0.25, 0.3) is 77.2 Å². The molecule has 0 nitrogen and oxygen atoms in total. The highest BCUT2D eigenvalue weighted by Crippen LogP contribution is 2.65. The Hall–Kier alpha value is -6.15. The van der Waals surface area contributed by atoms with Gasteiger partial charge in [-0.05, 0) is 106 Å². The van der Waals surface area contributed by atoms with Gasteiger partial charge in [-0.3, -0.25) is 0 Å². The maximum atomic E-state index is 2.40. The van der Waals surface area contributed by atoms with E-state index >= 15 is 0 Å². The van der Waals surface area contributed by atoms with Crippen LogP contribution in [0.15, 0.2) is 192 Å². The van der Waals surface area contributed by atoms with Crippen LogP contribution in [-0.2, 0) is 5.41 Å². The van der Waals surface area contributed by atoms with Crippen LogP contribution in [0.4, 0.5) is 0 Å². The zero-order valence-electron chi connectivity index (χ0n) is 28.2. The lowest BCUT2D eigenvalue weighted by molar-refractivity contribution is 0.801. The third-order valence-electron chi connectivity index (χ3n) is 11.9. The molecule has 12 rings (SSSR count). The lowest BCUT2D eigenvalue weighted by Gasteiger charge is -2.31. The first-order valence-corrected chi connectivity index (χ1v) is 18.9. The Morgan fingerprint density at radius 3 is 1.79 bits per heavy atom. The van der Waals surface area contributed by atoms with E-state index in [4.69, 9.17) is 0 Å². The summed E-state index contributed by atoms with van der Waals surface area (Å²) in [6.45, 7) is 0. The molecule has 0 N–H and O–H groups in total. The minimum Gasteiger partial charge on any atom is -0.0888 e. The van der Waals surface area contributed by atoms with Gasteiger partial charge in [0.2, 0.25) is 0 Å². The van der Waals surface area contributed by atoms with Crippen molar-refractivity contribution in [1.29, 1.82) is 0 Å². The SMILES string of the molecule is c1ccc2c(c1)Sc1ccc(-c3ccc(-c4cccc5c4-c4ccccc4C54c5ccccc5-c5ccc6ccccc6c54)cc3)c3cccc-2c13. The normalized spacial score (nSPS) is 15.7. The minimum absolute atomic E-state index is 0.394. The molecule has 1 spiro atoms. The van der Waals surface area contributed by atoms with Gasteiger partial charge in [-0.15, -0.1) is 0 Å². The zero-order valence-corrected chi connectivity index (χ0v) is 29.0. The minimum atomic E-state index is -0.394. The molecule has 1 atom stereocenters. The average molecular weight is 675 g/mol. The highest BCUT2D eigenvalue weighted by molar-refractivity contribution is 7.99. The lowest BCUT2D eigenvalue weighted by Crippen LogP contribution is -2.26. The van der Waals surface area contributed by atoms with Crippen LogP contribution in [0.5, 0.6) is 0 Å². The molecular weight excluding hydrogens is 645 g/mol. The van der Waals surface area contributed by atoms with Crippen LogP contribution in [0.2, 0.25) is 0 Å². The molecule has 0 saturated heterocycles. The van der Waals surface area contributed by atoms with Crippen LogP contribution >= 0.6 is 11.8 Å². The molecule has 52 heavy (non-hydrogen) atoms. The van der Waals surface area contributed by atoms with E-state index in [9.17, 15) is 0 Å². The van der Waals surface area contributed by atoms with Gasteiger partial charge in [-0.2, -0.15) is 0 Å². The molecule has 2 aliphatic carbocycles. The summed E-state index contributed by atoms with van der Waals surface area (Å²) in [6.07, 6.45) is 0. The second-order valence-corrected chi connectivity index (χ2v) is 15.4. The third-order valence-corrected chi connectivity index (χ3v) is 13.0. The van der Waals surface area contributed by atoms with E-state index in [1.165, 1.54) is 109 Å². The van der Waals surface area contributed by atoms with Gasteiger partial charge in [0.1, 0.15) is 0 Å².